The highest BCUT2D eigenvalue weighted by Gasteiger charge is 2.16. The minimum atomic E-state index is -0.782. The third-order valence-electron chi connectivity index (χ3n) is 3.15. The summed E-state index contributed by atoms with van der Waals surface area (Å²) < 4.78 is 0. The molecule has 106 valence electrons. The summed E-state index contributed by atoms with van der Waals surface area (Å²) in [6.07, 6.45) is 0.590. The van der Waals surface area contributed by atoms with Gasteiger partial charge in [0.15, 0.2) is 0 Å². The Labute approximate surface area is 115 Å². The molecule has 2 N–H and O–H groups in total. The van der Waals surface area contributed by atoms with Crippen LogP contribution in [0.4, 0.5) is 5.69 Å². The van der Waals surface area contributed by atoms with E-state index >= 15 is 0 Å². The van der Waals surface area contributed by atoms with Crippen molar-refractivity contribution in [3.8, 4) is 0 Å². The van der Waals surface area contributed by atoms with Crippen molar-refractivity contribution >= 4 is 11.7 Å². The number of nitrogens with one attached hydrogen (secondary N) is 1. The maximum absolute atomic E-state index is 11.1. The van der Waals surface area contributed by atoms with E-state index in [1.54, 1.807) is 0 Å². The van der Waals surface area contributed by atoms with E-state index in [-0.39, 0.29) is 0 Å². The van der Waals surface area contributed by atoms with Crippen LogP contribution >= 0.6 is 0 Å². The van der Waals surface area contributed by atoms with E-state index in [2.05, 4.69) is 42.3 Å². The number of likely N-dealkylation sites (N-methyl/N-ethyl adjacent to an activating group) is 1. The van der Waals surface area contributed by atoms with Gasteiger partial charge in [0.2, 0.25) is 0 Å². The van der Waals surface area contributed by atoms with Gasteiger partial charge in [-0.25, -0.2) is 0 Å². The number of hydrogen-bond donors (Lipinski definition) is 2. The van der Waals surface area contributed by atoms with Gasteiger partial charge >= 0.3 is 5.97 Å². The number of carboxylic acids is 1. The predicted molar refractivity (Wildman–Crippen MR) is 78.9 cm³/mol. The van der Waals surface area contributed by atoms with Gasteiger partial charge in [-0.2, -0.15) is 0 Å². The minimum Gasteiger partial charge on any atom is -0.480 e. The Morgan fingerprint density at radius 2 is 1.89 bits per heavy atom. The lowest BCUT2D eigenvalue weighted by Crippen LogP contribution is -2.39. The predicted octanol–water partition coefficient (Wildman–Crippen LogP) is 2.19. The molecule has 0 saturated heterocycles. The molecule has 0 bridgehead atoms. The molecule has 0 spiro atoms. The first-order valence-corrected chi connectivity index (χ1v) is 6.69. The van der Waals surface area contributed by atoms with Crippen LogP contribution in [0.25, 0.3) is 0 Å². The van der Waals surface area contributed by atoms with Crippen molar-refractivity contribution in [3.63, 3.8) is 0 Å². The number of hydrogen-bond acceptors (Lipinski definition) is 3. The monoisotopic (exact) mass is 264 g/mol. The first kappa shape index (κ1) is 15.5. The third kappa shape index (κ3) is 4.91. The molecule has 0 aliphatic heterocycles. The van der Waals surface area contributed by atoms with Crippen molar-refractivity contribution < 1.29 is 9.90 Å². The second kappa shape index (κ2) is 7.14. The van der Waals surface area contributed by atoms with Gasteiger partial charge in [-0.3, -0.25) is 4.79 Å². The fraction of sp³-hybridized carbons (Fsp3) is 0.533. The summed E-state index contributed by atoms with van der Waals surface area (Å²) in [6.45, 7) is 7.45. The molecule has 1 unspecified atom stereocenters. The zero-order chi connectivity index (χ0) is 14.4. The highest BCUT2D eigenvalue weighted by Crippen LogP contribution is 2.17. The van der Waals surface area contributed by atoms with E-state index < -0.39 is 12.0 Å². The van der Waals surface area contributed by atoms with E-state index in [0.717, 1.165) is 5.69 Å². The largest absolute Gasteiger partial charge is 0.480 e. The first-order valence-electron chi connectivity index (χ1n) is 6.69. The number of carboxylic acid groups (broad SMARTS) is 1. The molecular formula is C15H24N2O2. The fourth-order valence-electron chi connectivity index (χ4n) is 2.18. The van der Waals surface area contributed by atoms with E-state index in [9.17, 15) is 4.79 Å². The number of nitrogens with zero attached hydrogens (tertiary/aromatic N) is 1. The molecule has 19 heavy (non-hydrogen) atoms. The standard InChI is InChI=1S/C15H24N2O2/c1-5-16-14(15(18)19)6-7-17(4)13-9-11(2)8-12(3)10-13/h8-10,14,16H,5-7H2,1-4H3,(H,18,19). The topological polar surface area (TPSA) is 52.6 Å². The van der Waals surface area contributed by atoms with Crippen LogP contribution < -0.4 is 10.2 Å². The number of benzene rings is 1. The second-order valence-electron chi connectivity index (χ2n) is 5.00. The van der Waals surface area contributed by atoms with Crippen LogP contribution in [-0.4, -0.2) is 37.3 Å². The molecule has 1 aromatic rings. The van der Waals surface area contributed by atoms with Crippen molar-refractivity contribution in [2.75, 3.05) is 25.0 Å². The van der Waals surface area contributed by atoms with Crippen LogP contribution in [0.2, 0.25) is 0 Å². The van der Waals surface area contributed by atoms with Crippen molar-refractivity contribution in [1.82, 2.24) is 5.32 Å². The number of rotatable bonds is 7. The fourth-order valence-corrected chi connectivity index (χ4v) is 2.18. The molecule has 0 amide bonds. The molecule has 4 heteroatoms. The number of aryl methyl sites for hydroxylation is 2. The molecule has 0 fully saturated rings. The lowest BCUT2D eigenvalue weighted by Gasteiger charge is -2.22. The first-order chi connectivity index (χ1) is 8.93. The van der Waals surface area contributed by atoms with Crippen LogP contribution in [-0.2, 0) is 4.79 Å². The summed E-state index contributed by atoms with van der Waals surface area (Å²) in [6, 6.07) is 5.90. The zero-order valence-corrected chi connectivity index (χ0v) is 12.2. The Hall–Kier alpha value is -1.55. The van der Waals surface area contributed by atoms with E-state index in [1.165, 1.54) is 11.1 Å². The Morgan fingerprint density at radius 3 is 2.37 bits per heavy atom. The normalized spacial score (nSPS) is 12.2. The molecule has 0 saturated carbocycles. The number of anilines is 1. The van der Waals surface area contributed by atoms with Crippen LogP contribution in [0.3, 0.4) is 0 Å². The quantitative estimate of drug-likeness (QED) is 0.792. The van der Waals surface area contributed by atoms with Crippen molar-refractivity contribution in [1.29, 1.82) is 0 Å². The van der Waals surface area contributed by atoms with Crippen molar-refractivity contribution in [2.45, 2.75) is 33.2 Å². The van der Waals surface area contributed by atoms with E-state index in [0.29, 0.717) is 19.5 Å². The molecule has 1 atom stereocenters. The highest BCUT2D eigenvalue weighted by molar-refractivity contribution is 5.73. The van der Waals surface area contributed by atoms with Crippen molar-refractivity contribution in [2.24, 2.45) is 0 Å². The van der Waals surface area contributed by atoms with Gasteiger partial charge in [-0.05, 0) is 50.1 Å². The maximum Gasteiger partial charge on any atom is 0.320 e. The molecule has 0 aliphatic carbocycles. The summed E-state index contributed by atoms with van der Waals surface area (Å²) in [5, 5.41) is 12.1. The lowest BCUT2D eigenvalue weighted by molar-refractivity contribution is -0.139. The SMILES string of the molecule is CCNC(CCN(C)c1cc(C)cc(C)c1)C(=O)O. The van der Waals surface area contributed by atoms with Crippen molar-refractivity contribution in [3.05, 3.63) is 29.3 Å². The maximum atomic E-state index is 11.1. The Morgan fingerprint density at radius 1 is 1.32 bits per heavy atom. The zero-order valence-electron chi connectivity index (χ0n) is 12.2. The minimum absolute atomic E-state index is 0.474. The van der Waals surface area contributed by atoms with Gasteiger partial charge in [0, 0.05) is 19.3 Å². The molecule has 0 heterocycles. The summed E-state index contributed by atoms with van der Waals surface area (Å²) in [5.74, 6) is -0.782. The summed E-state index contributed by atoms with van der Waals surface area (Å²) >= 11 is 0. The lowest BCUT2D eigenvalue weighted by atomic mass is 10.1. The smallest absolute Gasteiger partial charge is 0.320 e. The van der Waals surface area contributed by atoms with Gasteiger partial charge in [-0.15, -0.1) is 0 Å². The molecule has 0 aliphatic rings. The summed E-state index contributed by atoms with van der Waals surface area (Å²) in [5.41, 5.74) is 3.59. The van der Waals surface area contributed by atoms with Gasteiger partial charge in [0.25, 0.3) is 0 Å². The molecule has 0 radical (unpaired) electrons. The second-order valence-corrected chi connectivity index (χ2v) is 5.00. The third-order valence-corrected chi connectivity index (χ3v) is 3.15. The Kier molecular flexibility index (Phi) is 5.83. The number of aliphatic carboxylic acids is 1. The van der Waals surface area contributed by atoms with Crippen LogP contribution in [0.5, 0.6) is 0 Å². The van der Waals surface area contributed by atoms with Crippen LogP contribution in [0.1, 0.15) is 24.5 Å². The van der Waals surface area contributed by atoms with Crippen LogP contribution in [0.15, 0.2) is 18.2 Å². The van der Waals surface area contributed by atoms with E-state index in [4.69, 9.17) is 5.11 Å². The summed E-state index contributed by atoms with van der Waals surface area (Å²) in [4.78, 5) is 13.2. The molecule has 1 aromatic carbocycles. The molecule has 4 nitrogen and oxygen atoms in total. The Bertz CT molecular complexity index is 412. The Balaban J connectivity index is 2.63. The van der Waals surface area contributed by atoms with Gasteiger partial charge in [0.1, 0.15) is 6.04 Å². The van der Waals surface area contributed by atoms with Crippen LogP contribution in [0, 0.1) is 13.8 Å². The van der Waals surface area contributed by atoms with Gasteiger partial charge in [0.05, 0.1) is 0 Å². The van der Waals surface area contributed by atoms with E-state index in [1.807, 2.05) is 14.0 Å². The highest BCUT2D eigenvalue weighted by atomic mass is 16.4. The van der Waals surface area contributed by atoms with Gasteiger partial charge in [-0.1, -0.05) is 13.0 Å². The average molecular weight is 264 g/mol. The average Bonchev–Trinajstić information content (AvgIpc) is 2.32. The summed E-state index contributed by atoms with van der Waals surface area (Å²) in [7, 11) is 2.00. The molecule has 1 rings (SSSR count). The molecule has 0 aromatic heterocycles. The molecular weight excluding hydrogens is 240 g/mol. The number of carbonyl (C=O) groups is 1. The van der Waals surface area contributed by atoms with Gasteiger partial charge < -0.3 is 15.3 Å².